The maximum atomic E-state index is 9.41. The lowest BCUT2D eigenvalue weighted by Gasteiger charge is -2.12. The molecule has 0 amide bonds. The van der Waals surface area contributed by atoms with Crippen molar-refractivity contribution in [2.45, 2.75) is 13.1 Å². The molecule has 0 radical (unpaired) electrons. The average molecular weight is 340 g/mol. The summed E-state index contributed by atoms with van der Waals surface area (Å²) in [7, 11) is 0. The third kappa shape index (κ3) is 3.23. The molecule has 0 aliphatic rings. The summed E-state index contributed by atoms with van der Waals surface area (Å²) in [5, 5.41) is 17.8. The van der Waals surface area contributed by atoms with Gasteiger partial charge in [-0.1, -0.05) is 42.5 Å². The standard InChI is InChI=1S/C20H16N6/c21-10-17-9-20(25-19-8-4-3-7-18(17)19)23-11-15-5-1-2-6-16(15)12-26-14-22-13-24-26/h1-9,13-14H,11-12H2,(H,23,25). The number of nitriles is 1. The molecule has 26 heavy (non-hydrogen) atoms. The van der Waals surface area contributed by atoms with Crippen LogP contribution < -0.4 is 5.32 Å². The summed E-state index contributed by atoms with van der Waals surface area (Å²) < 4.78 is 1.79. The van der Waals surface area contributed by atoms with Crippen molar-refractivity contribution in [3.8, 4) is 6.07 Å². The van der Waals surface area contributed by atoms with Crippen molar-refractivity contribution in [2.24, 2.45) is 0 Å². The summed E-state index contributed by atoms with van der Waals surface area (Å²) in [6.07, 6.45) is 3.23. The van der Waals surface area contributed by atoms with Crippen molar-refractivity contribution in [2.75, 3.05) is 5.32 Å². The maximum Gasteiger partial charge on any atom is 0.137 e. The number of rotatable bonds is 5. The average Bonchev–Trinajstić information content (AvgIpc) is 3.19. The summed E-state index contributed by atoms with van der Waals surface area (Å²) in [6.45, 7) is 1.27. The monoisotopic (exact) mass is 340 g/mol. The van der Waals surface area contributed by atoms with Crippen LogP contribution in [0.2, 0.25) is 0 Å². The van der Waals surface area contributed by atoms with E-state index < -0.39 is 0 Å². The SMILES string of the molecule is N#Cc1cc(NCc2ccccc2Cn2cncn2)nc2ccccc12. The van der Waals surface area contributed by atoms with E-state index in [9.17, 15) is 5.26 Å². The molecule has 4 aromatic rings. The zero-order valence-electron chi connectivity index (χ0n) is 14.0. The van der Waals surface area contributed by atoms with Crippen LogP contribution in [0.1, 0.15) is 16.7 Å². The lowest BCUT2D eigenvalue weighted by Crippen LogP contribution is -2.08. The summed E-state index contributed by atoms with van der Waals surface area (Å²) in [6, 6.07) is 19.9. The molecular weight excluding hydrogens is 324 g/mol. The van der Waals surface area contributed by atoms with Gasteiger partial charge < -0.3 is 5.32 Å². The van der Waals surface area contributed by atoms with Crippen molar-refractivity contribution in [3.63, 3.8) is 0 Å². The van der Waals surface area contributed by atoms with Crippen molar-refractivity contribution >= 4 is 16.7 Å². The van der Waals surface area contributed by atoms with Crippen LogP contribution >= 0.6 is 0 Å². The summed E-state index contributed by atoms with van der Waals surface area (Å²) in [5.41, 5.74) is 3.74. The quantitative estimate of drug-likeness (QED) is 0.602. The number of hydrogen-bond donors (Lipinski definition) is 1. The second kappa shape index (κ2) is 7.03. The van der Waals surface area contributed by atoms with E-state index in [2.05, 4.69) is 38.6 Å². The fourth-order valence-corrected chi connectivity index (χ4v) is 2.92. The van der Waals surface area contributed by atoms with E-state index in [0.717, 1.165) is 22.0 Å². The first-order chi connectivity index (χ1) is 12.8. The first kappa shape index (κ1) is 15.8. The molecule has 0 fully saturated rings. The number of benzene rings is 2. The smallest absolute Gasteiger partial charge is 0.137 e. The Morgan fingerprint density at radius 2 is 1.85 bits per heavy atom. The molecule has 2 aromatic carbocycles. The van der Waals surface area contributed by atoms with E-state index in [4.69, 9.17) is 0 Å². The van der Waals surface area contributed by atoms with Crippen LogP contribution in [-0.4, -0.2) is 19.7 Å². The zero-order valence-corrected chi connectivity index (χ0v) is 14.0. The summed E-state index contributed by atoms with van der Waals surface area (Å²) in [4.78, 5) is 8.60. The Hall–Kier alpha value is -3.72. The number of nitrogens with zero attached hydrogens (tertiary/aromatic N) is 5. The minimum absolute atomic E-state index is 0.612. The van der Waals surface area contributed by atoms with Gasteiger partial charge in [0.1, 0.15) is 18.5 Å². The van der Waals surface area contributed by atoms with Crippen LogP contribution in [0.25, 0.3) is 10.9 Å². The molecular formula is C20H16N6. The number of fused-ring (bicyclic) bond motifs is 1. The third-order valence-corrected chi connectivity index (χ3v) is 4.21. The Bertz CT molecular complexity index is 1080. The molecule has 0 atom stereocenters. The topological polar surface area (TPSA) is 79.4 Å². The first-order valence-corrected chi connectivity index (χ1v) is 8.26. The molecule has 126 valence electrons. The van der Waals surface area contributed by atoms with E-state index in [1.807, 2.05) is 36.4 Å². The van der Waals surface area contributed by atoms with Crippen molar-refractivity contribution in [1.29, 1.82) is 5.26 Å². The molecule has 2 aromatic heterocycles. The molecule has 0 saturated heterocycles. The molecule has 0 aliphatic carbocycles. The van der Waals surface area contributed by atoms with E-state index in [0.29, 0.717) is 24.5 Å². The van der Waals surface area contributed by atoms with Gasteiger partial charge in [-0.25, -0.2) is 14.6 Å². The number of anilines is 1. The number of pyridine rings is 1. The number of aromatic nitrogens is 4. The number of para-hydroxylation sites is 1. The van der Waals surface area contributed by atoms with E-state index >= 15 is 0 Å². The third-order valence-electron chi connectivity index (χ3n) is 4.21. The highest BCUT2D eigenvalue weighted by Gasteiger charge is 2.07. The van der Waals surface area contributed by atoms with Crippen LogP contribution in [0.4, 0.5) is 5.82 Å². The first-order valence-electron chi connectivity index (χ1n) is 8.26. The number of nitrogens with one attached hydrogen (secondary N) is 1. The van der Waals surface area contributed by atoms with Gasteiger partial charge in [-0.2, -0.15) is 10.4 Å². The van der Waals surface area contributed by atoms with Gasteiger partial charge in [-0.05, 0) is 23.3 Å². The van der Waals surface area contributed by atoms with Crippen molar-refractivity contribution < 1.29 is 0 Å². The van der Waals surface area contributed by atoms with Crippen LogP contribution in [0, 0.1) is 11.3 Å². The molecule has 0 bridgehead atoms. The molecule has 4 rings (SSSR count). The number of hydrogen-bond acceptors (Lipinski definition) is 5. The lowest BCUT2D eigenvalue weighted by molar-refractivity contribution is 0.680. The maximum absolute atomic E-state index is 9.41. The van der Waals surface area contributed by atoms with Gasteiger partial charge in [-0.15, -0.1) is 0 Å². The molecule has 6 heteroatoms. The molecule has 0 saturated carbocycles. The van der Waals surface area contributed by atoms with E-state index in [1.165, 1.54) is 6.33 Å². The summed E-state index contributed by atoms with van der Waals surface area (Å²) >= 11 is 0. The molecule has 0 aliphatic heterocycles. The zero-order chi connectivity index (χ0) is 17.8. The second-order valence-corrected chi connectivity index (χ2v) is 5.90. The molecule has 0 spiro atoms. The van der Waals surface area contributed by atoms with Gasteiger partial charge in [0.05, 0.1) is 23.7 Å². The van der Waals surface area contributed by atoms with Gasteiger partial charge >= 0.3 is 0 Å². The van der Waals surface area contributed by atoms with Crippen LogP contribution in [0.3, 0.4) is 0 Å². The van der Waals surface area contributed by atoms with Crippen LogP contribution in [0.5, 0.6) is 0 Å². The molecule has 2 heterocycles. The van der Waals surface area contributed by atoms with Gasteiger partial charge in [0.25, 0.3) is 0 Å². The van der Waals surface area contributed by atoms with Crippen LogP contribution in [-0.2, 0) is 13.1 Å². The Balaban J connectivity index is 1.58. The normalized spacial score (nSPS) is 10.6. The van der Waals surface area contributed by atoms with Gasteiger partial charge in [0.15, 0.2) is 0 Å². The Labute approximate surface area is 150 Å². The molecule has 0 unspecified atom stereocenters. The van der Waals surface area contributed by atoms with Gasteiger partial charge in [0, 0.05) is 11.9 Å². The highest BCUT2D eigenvalue weighted by molar-refractivity contribution is 5.86. The predicted molar refractivity (Wildman–Crippen MR) is 99.4 cm³/mol. The van der Waals surface area contributed by atoms with Gasteiger partial charge in [0.2, 0.25) is 0 Å². The highest BCUT2D eigenvalue weighted by Crippen LogP contribution is 2.21. The Kier molecular flexibility index (Phi) is 4.27. The Morgan fingerprint density at radius 1 is 1.04 bits per heavy atom. The second-order valence-electron chi connectivity index (χ2n) is 5.90. The minimum atomic E-state index is 0.612. The minimum Gasteiger partial charge on any atom is -0.366 e. The van der Waals surface area contributed by atoms with Crippen molar-refractivity contribution in [1.82, 2.24) is 19.7 Å². The fourth-order valence-electron chi connectivity index (χ4n) is 2.92. The summed E-state index contributed by atoms with van der Waals surface area (Å²) in [5.74, 6) is 0.691. The molecule has 1 N–H and O–H groups in total. The highest BCUT2D eigenvalue weighted by atomic mass is 15.3. The van der Waals surface area contributed by atoms with Crippen molar-refractivity contribution in [3.05, 3.63) is 83.9 Å². The predicted octanol–water partition coefficient (Wildman–Crippen LogP) is 3.36. The molecule has 6 nitrogen and oxygen atoms in total. The van der Waals surface area contributed by atoms with Gasteiger partial charge in [-0.3, -0.25) is 0 Å². The fraction of sp³-hybridized carbons (Fsp3) is 0.100. The van der Waals surface area contributed by atoms with E-state index in [1.54, 1.807) is 17.1 Å². The van der Waals surface area contributed by atoms with Crippen LogP contribution in [0.15, 0.2) is 67.3 Å². The van der Waals surface area contributed by atoms with E-state index in [-0.39, 0.29) is 0 Å². The Morgan fingerprint density at radius 3 is 2.65 bits per heavy atom. The largest absolute Gasteiger partial charge is 0.366 e. The lowest BCUT2D eigenvalue weighted by atomic mass is 10.1.